The molecule has 1 fully saturated rings. The van der Waals surface area contributed by atoms with Crippen molar-refractivity contribution in [3.8, 4) is 11.8 Å². The Kier molecular flexibility index (Phi) is 5.45. The third-order valence-electron chi connectivity index (χ3n) is 3.92. The number of nitrogens with one attached hydrogen (secondary N) is 1. The molecule has 0 saturated carbocycles. The normalized spacial score (nSPS) is 18.0. The van der Waals surface area contributed by atoms with E-state index in [1.807, 2.05) is 26.0 Å². The number of benzene rings is 1. The van der Waals surface area contributed by atoms with Gasteiger partial charge in [0, 0.05) is 20.1 Å². The van der Waals surface area contributed by atoms with E-state index in [0.29, 0.717) is 30.8 Å². The summed E-state index contributed by atoms with van der Waals surface area (Å²) >= 11 is 0. The maximum Gasteiger partial charge on any atom is 0.307 e. The van der Waals surface area contributed by atoms with Gasteiger partial charge in [0.15, 0.2) is 5.75 Å². The van der Waals surface area contributed by atoms with E-state index < -0.39 is 5.97 Å². The van der Waals surface area contributed by atoms with E-state index in [1.54, 1.807) is 7.05 Å². The van der Waals surface area contributed by atoms with Crippen LogP contribution in [0.15, 0.2) is 12.1 Å². The number of rotatable bonds is 6. The maximum atomic E-state index is 11.1. The molecule has 2 rings (SSSR count). The summed E-state index contributed by atoms with van der Waals surface area (Å²) in [5.74, 6) is -0.460. The van der Waals surface area contributed by atoms with Gasteiger partial charge in [0.2, 0.25) is 0 Å². The Morgan fingerprint density at radius 2 is 2.30 bits per heavy atom. The van der Waals surface area contributed by atoms with Crippen molar-refractivity contribution in [2.24, 2.45) is 5.92 Å². The Labute approximate surface area is 136 Å². The van der Waals surface area contributed by atoms with E-state index in [9.17, 15) is 10.1 Å². The Morgan fingerprint density at radius 3 is 2.83 bits per heavy atom. The summed E-state index contributed by atoms with van der Waals surface area (Å²) in [5, 5.41) is 21.6. The molecule has 1 aromatic carbocycles. The van der Waals surface area contributed by atoms with Crippen molar-refractivity contribution in [3.05, 3.63) is 23.3 Å². The van der Waals surface area contributed by atoms with Gasteiger partial charge in [-0.15, -0.1) is 0 Å². The highest BCUT2D eigenvalue weighted by Gasteiger charge is 2.28. The number of hydrogen-bond acceptors (Lipinski definition) is 5. The molecule has 23 heavy (non-hydrogen) atoms. The van der Waals surface area contributed by atoms with Crippen LogP contribution in [0.5, 0.6) is 5.75 Å². The fourth-order valence-corrected chi connectivity index (χ4v) is 2.85. The molecule has 0 radical (unpaired) electrons. The molecule has 6 heteroatoms. The van der Waals surface area contributed by atoms with Gasteiger partial charge in [-0.2, -0.15) is 5.26 Å². The molecule has 1 atom stereocenters. The van der Waals surface area contributed by atoms with Crippen LogP contribution < -0.4 is 10.1 Å². The quantitative estimate of drug-likeness (QED) is 0.837. The van der Waals surface area contributed by atoms with Crippen LogP contribution in [0.3, 0.4) is 0 Å². The van der Waals surface area contributed by atoms with Gasteiger partial charge in [-0.25, -0.2) is 0 Å². The summed E-state index contributed by atoms with van der Waals surface area (Å²) in [7, 11) is 1.80. The fourth-order valence-electron chi connectivity index (χ4n) is 2.85. The Morgan fingerprint density at radius 1 is 1.57 bits per heavy atom. The first-order valence-electron chi connectivity index (χ1n) is 7.81. The lowest BCUT2D eigenvalue weighted by atomic mass is 10.1. The number of carbonyl (C=O) groups is 1. The highest BCUT2D eigenvalue weighted by molar-refractivity contribution is 5.70. The van der Waals surface area contributed by atoms with Crippen LogP contribution in [-0.2, 0) is 11.3 Å². The molecule has 6 nitrogen and oxygen atoms in total. The molecule has 1 aliphatic rings. The number of anilines is 1. The van der Waals surface area contributed by atoms with Gasteiger partial charge < -0.3 is 15.2 Å². The smallest absolute Gasteiger partial charge is 0.307 e. The summed E-state index contributed by atoms with van der Waals surface area (Å²) in [6, 6.07) is 5.98. The van der Waals surface area contributed by atoms with Crippen LogP contribution in [0.25, 0.3) is 0 Å². The third-order valence-corrected chi connectivity index (χ3v) is 3.92. The summed E-state index contributed by atoms with van der Waals surface area (Å²) in [5.41, 5.74) is 2.25. The standard InChI is InChI=1S/C17H23N3O3/c1-11(2)23-16-14(8-18)6-12(7-15(16)19-3)9-20-5-4-13(10-20)17(21)22/h6-7,11,13,19H,4-5,9-10H2,1-3H3,(H,21,22)/t13-/m1/s1. The molecule has 1 saturated heterocycles. The summed E-state index contributed by atoms with van der Waals surface area (Å²) in [4.78, 5) is 13.2. The van der Waals surface area contributed by atoms with Gasteiger partial charge in [0.1, 0.15) is 6.07 Å². The molecule has 124 valence electrons. The lowest BCUT2D eigenvalue weighted by molar-refractivity contribution is -0.141. The van der Waals surface area contributed by atoms with Crippen LogP contribution in [0.1, 0.15) is 31.4 Å². The molecule has 1 aliphatic heterocycles. The van der Waals surface area contributed by atoms with E-state index in [0.717, 1.165) is 17.8 Å². The number of carboxylic acids is 1. The van der Waals surface area contributed by atoms with Crippen molar-refractivity contribution in [1.82, 2.24) is 4.90 Å². The van der Waals surface area contributed by atoms with E-state index in [4.69, 9.17) is 9.84 Å². The zero-order valence-corrected chi connectivity index (χ0v) is 13.8. The number of nitriles is 1. The Balaban J connectivity index is 2.20. The Bertz CT molecular complexity index is 622. The largest absolute Gasteiger partial charge is 0.487 e. The van der Waals surface area contributed by atoms with Crippen molar-refractivity contribution in [2.75, 3.05) is 25.5 Å². The first kappa shape index (κ1) is 17.1. The van der Waals surface area contributed by atoms with Crippen LogP contribution >= 0.6 is 0 Å². The number of carboxylic acid groups (broad SMARTS) is 1. The summed E-state index contributed by atoms with van der Waals surface area (Å²) in [6.07, 6.45) is 0.656. The van der Waals surface area contributed by atoms with Crippen LogP contribution in [0.4, 0.5) is 5.69 Å². The molecule has 0 unspecified atom stereocenters. The topological polar surface area (TPSA) is 85.6 Å². The van der Waals surface area contributed by atoms with Gasteiger partial charge in [-0.05, 0) is 44.5 Å². The second-order valence-corrected chi connectivity index (χ2v) is 6.11. The molecule has 0 aliphatic carbocycles. The summed E-state index contributed by atoms with van der Waals surface area (Å²) in [6.45, 7) is 5.79. The monoisotopic (exact) mass is 317 g/mol. The van der Waals surface area contributed by atoms with Crippen molar-refractivity contribution in [3.63, 3.8) is 0 Å². The number of aliphatic carboxylic acids is 1. The van der Waals surface area contributed by atoms with Crippen molar-refractivity contribution in [1.29, 1.82) is 5.26 Å². The highest BCUT2D eigenvalue weighted by Crippen LogP contribution is 2.32. The minimum absolute atomic E-state index is 0.0186. The molecule has 0 bridgehead atoms. The fraction of sp³-hybridized carbons (Fsp3) is 0.529. The maximum absolute atomic E-state index is 11.1. The molecule has 0 spiro atoms. The van der Waals surface area contributed by atoms with Crippen LogP contribution in [0.2, 0.25) is 0 Å². The van der Waals surface area contributed by atoms with Gasteiger partial charge in [0.25, 0.3) is 0 Å². The number of hydrogen-bond donors (Lipinski definition) is 2. The van der Waals surface area contributed by atoms with Gasteiger partial charge in [0.05, 0.1) is 23.3 Å². The zero-order chi connectivity index (χ0) is 17.0. The van der Waals surface area contributed by atoms with Crippen molar-refractivity contribution < 1.29 is 14.6 Å². The minimum Gasteiger partial charge on any atom is -0.487 e. The van der Waals surface area contributed by atoms with Crippen LogP contribution in [-0.4, -0.2) is 42.2 Å². The van der Waals surface area contributed by atoms with Gasteiger partial charge >= 0.3 is 5.97 Å². The zero-order valence-electron chi connectivity index (χ0n) is 13.8. The SMILES string of the molecule is CNc1cc(CN2CC[C@@H](C(=O)O)C2)cc(C#N)c1OC(C)C. The molecular weight excluding hydrogens is 294 g/mol. The second-order valence-electron chi connectivity index (χ2n) is 6.11. The molecule has 0 amide bonds. The predicted octanol–water partition coefficient (Wildman–Crippen LogP) is 2.29. The van der Waals surface area contributed by atoms with E-state index >= 15 is 0 Å². The van der Waals surface area contributed by atoms with Crippen molar-refractivity contribution in [2.45, 2.75) is 32.9 Å². The molecule has 1 heterocycles. The lowest BCUT2D eigenvalue weighted by Crippen LogP contribution is -2.23. The van der Waals surface area contributed by atoms with Gasteiger partial charge in [-0.3, -0.25) is 9.69 Å². The number of nitrogens with zero attached hydrogens (tertiary/aromatic N) is 2. The molecule has 1 aromatic rings. The first-order chi connectivity index (χ1) is 10.9. The van der Waals surface area contributed by atoms with Gasteiger partial charge in [-0.1, -0.05) is 0 Å². The lowest BCUT2D eigenvalue weighted by Gasteiger charge is -2.19. The summed E-state index contributed by atoms with van der Waals surface area (Å²) < 4.78 is 5.76. The number of likely N-dealkylation sites (tertiary alicyclic amines) is 1. The average molecular weight is 317 g/mol. The van der Waals surface area contributed by atoms with Crippen LogP contribution in [0, 0.1) is 17.2 Å². The second kappa shape index (κ2) is 7.34. The molecule has 0 aromatic heterocycles. The predicted molar refractivity (Wildman–Crippen MR) is 87.5 cm³/mol. The first-order valence-corrected chi connectivity index (χ1v) is 7.81. The van der Waals surface area contributed by atoms with Crippen molar-refractivity contribution >= 4 is 11.7 Å². The number of ether oxygens (including phenoxy) is 1. The molecule has 2 N–H and O–H groups in total. The highest BCUT2D eigenvalue weighted by atomic mass is 16.5. The van der Waals surface area contributed by atoms with E-state index in [-0.39, 0.29) is 12.0 Å². The van der Waals surface area contributed by atoms with E-state index in [2.05, 4.69) is 16.3 Å². The third kappa shape index (κ3) is 4.14. The average Bonchev–Trinajstić information content (AvgIpc) is 2.96. The Hall–Kier alpha value is -2.26. The van der Waals surface area contributed by atoms with E-state index in [1.165, 1.54) is 0 Å². The molecular formula is C17H23N3O3. The minimum atomic E-state index is -0.734.